The van der Waals surface area contributed by atoms with Crippen molar-refractivity contribution in [3.63, 3.8) is 0 Å². The molecule has 1 aliphatic carbocycles. The summed E-state index contributed by atoms with van der Waals surface area (Å²) in [6.07, 6.45) is 5.45. The van der Waals surface area contributed by atoms with E-state index in [-0.39, 0.29) is 42.2 Å². The Labute approximate surface area is 151 Å². The van der Waals surface area contributed by atoms with Crippen LogP contribution in [0.4, 0.5) is 0 Å². The highest BCUT2D eigenvalue weighted by Crippen LogP contribution is 2.29. The molecule has 3 N–H and O–H groups in total. The van der Waals surface area contributed by atoms with Gasteiger partial charge in [-0.25, -0.2) is 0 Å². The number of rotatable bonds is 6. The predicted molar refractivity (Wildman–Crippen MR) is 96.0 cm³/mol. The number of ether oxygens (including phenoxy) is 1. The van der Waals surface area contributed by atoms with E-state index in [0.717, 1.165) is 32.1 Å². The smallest absolute Gasteiger partial charge is 0.224 e. The average Bonchev–Trinajstić information content (AvgIpc) is 2.93. The maximum absolute atomic E-state index is 12.7. The zero-order valence-corrected chi connectivity index (χ0v) is 15.6. The van der Waals surface area contributed by atoms with Crippen molar-refractivity contribution in [1.82, 2.24) is 10.2 Å². The Morgan fingerprint density at radius 3 is 2.62 bits per heavy atom. The number of nitrogens with two attached hydrogens (primary N) is 1. The van der Waals surface area contributed by atoms with Crippen LogP contribution in [0.25, 0.3) is 0 Å². The number of hydrogen-bond donors (Lipinski definition) is 2. The lowest BCUT2D eigenvalue weighted by Crippen LogP contribution is -2.50. The summed E-state index contributed by atoms with van der Waals surface area (Å²) in [6.45, 7) is 3.63. The summed E-state index contributed by atoms with van der Waals surface area (Å²) >= 11 is 0. The summed E-state index contributed by atoms with van der Waals surface area (Å²) < 4.78 is 4.95. The number of carbonyl (C=O) groups is 2. The van der Waals surface area contributed by atoms with Crippen molar-refractivity contribution in [2.75, 3.05) is 26.8 Å². The van der Waals surface area contributed by atoms with Crippen LogP contribution in [0.15, 0.2) is 0 Å². The number of amides is 2. The molecule has 0 aromatic carbocycles. The van der Waals surface area contributed by atoms with Crippen molar-refractivity contribution in [2.24, 2.45) is 17.6 Å². The van der Waals surface area contributed by atoms with E-state index in [1.165, 1.54) is 0 Å². The highest BCUT2D eigenvalue weighted by molar-refractivity contribution is 5.85. The molecule has 1 saturated carbocycles. The Bertz CT molecular complexity index is 422. The van der Waals surface area contributed by atoms with Gasteiger partial charge in [-0.05, 0) is 38.5 Å². The fourth-order valence-electron chi connectivity index (χ4n) is 3.75. The predicted octanol–water partition coefficient (Wildman–Crippen LogP) is 1.32. The average molecular weight is 362 g/mol. The van der Waals surface area contributed by atoms with Gasteiger partial charge in [0.15, 0.2) is 0 Å². The van der Waals surface area contributed by atoms with E-state index in [9.17, 15) is 9.59 Å². The van der Waals surface area contributed by atoms with Crippen LogP contribution in [0, 0.1) is 11.8 Å². The highest BCUT2D eigenvalue weighted by Gasteiger charge is 2.34. The summed E-state index contributed by atoms with van der Waals surface area (Å²) in [4.78, 5) is 26.8. The summed E-state index contributed by atoms with van der Waals surface area (Å²) in [5, 5.41) is 2.89. The van der Waals surface area contributed by atoms with E-state index in [1.54, 1.807) is 7.11 Å². The molecule has 4 atom stereocenters. The third kappa shape index (κ3) is 5.60. The van der Waals surface area contributed by atoms with E-state index < -0.39 is 0 Å². The van der Waals surface area contributed by atoms with Gasteiger partial charge in [-0.1, -0.05) is 6.42 Å². The number of nitrogens with one attached hydrogen (secondary N) is 1. The zero-order valence-electron chi connectivity index (χ0n) is 14.8. The van der Waals surface area contributed by atoms with Gasteiger partial charge in [0.05, 0.1) is 12.5 Å². The molecule has 140 valence electrons. The number of piperidine rings is 1. The minimum Gasteiger partial charge on any atom is -0.383 e. The largest absolute Gasteiger partial charge is 0.383 e. The number of likely N-dealkylation sites (tertiary alicyclic amines) is 1. The van der Waals surface area contributed by atoms with Crippen molar-refractivity contribution in [2.45, 2.75) is 57.5 Å². The van der Waals surface area contributed by atoms with Crippen LogP contribution in [0.1, 0.15) is 45.4 Å². The number of methoxy groups -OCH3 is 1. The number of nitrogens with zero attached hydrogens (tertiary/aromatic N) is 1. The Balaban J connectivity index is 0.00000288. The highest BCUT2D eigenvalue weighted by atomic mass is 35.5. The molecule has 2 rings (SSSR count). The SMILES string of the molecule is COCCNC(=O)C1CCC(C)N(C(=O)C[C@@H]2CCC[C@H]2N)C1.Cl. The third-order valence-electron chi connectivity index (χ3n) is 5.33. The molecular formula is C17H32ClN3O3. The van der Waals surface area contributed by atoms with Crippen LogP contribution in [0.5, 0.6) is 0 Å². The maximum Gasteiger partial charge on any atom is 0.224 e. The first-order valence-corrected chi connectivity index (χ1v) is 8.84. The molecular weight excluding hydrogens is 330 g/mol. The van der Waals surface area contributed by atoms with Crippen LogP contribution in [0.2, 0.25) is 0 Å². The lowest BCUT2D eigenvalue weighted by Gasteiger charge is -2.38. The molecule has 0 bridgehead atoms. The second-order valence-electron chi connectivity index (χ2n) is 7.01. The molecule has 7 heteroatoms. The van der Waals surface area contributed by atoms with Gasteiger partial charge in [0.2, 0.25) is 11.8 Å². The molecule has 2 fully saturated rings. The molecule has 0 aromatic heterocycles. The molecule has 1 saturated heterocycles. The fourth-order valence-corrected chi connectivity index (χ4v) is 3.75. The van der Waals surface area contributed by atoms with Gasteiger partial charge in [-0.3, -0.25) is 9.59 Å². The maximum atomic E-state index is 12.7. The lowest BCUT2D eigenvalue weighted by atomic mass is 9.91. The number of hydrogen-bond acceptors (Lipinski definition) is 4. The zero-order chi connectivity index (χ0) is 16.8. The molecule has 0 spiro atoms. The summed E-state index contributed by atoms with van der Waals surface area (Å²) in [7, 11) is 1.61. The van der Waals surface area contributed by atoms with Crippen LogP contribution in [-0.4, -0.2) is 55.6 Å². The van der Waals surface area contributed by atoms with Crippen molar-refractivity contribution >= 4 is 24.2 Å². The first-order valence-electron chi connectivity index (χ1n) is 8.84. The van der Waals surface area contributed by atoms with E-state index in [0.29, 0.717) is 32.0 Å². The topological polar surface area (TPSA) is 84.7 Å². The van der Waals surface area contributed by atoms with E-state index in [1.807, 2.05) is 4.90 Å². The third-order valence-corrected chi connectivity index (χ3v) is 5.33. The van der Waals surface area contributed by atoms with E-state index in [2.05, 4.69) is 12.2 Å². The normalized spacial score (nSPS) is 29.9. The molecule has 0 aromatic rings. The standard InChI is InChI=1S/C17H31N3O3.ClH/c1-12-6-7-14(17(22)19-8-9-23-2)11-20(12)16(21)10-13-4-3-5-15(13)18;/h12-15H,3-11,18H2,1-2H3,(H,19,22);1H/t12?,13-,14?,15+;/m0./s1. The van der Waals surface area contributed by atoms with Crippen molar-refractivity contribution in [1.29, 1.82) is 0 Å². The first-order chi connectivity index (χ1) is 11.0. The molecule has 2 aliphatic rings. The second-order valence-corrected chi connectivity index (χ2v) is 7.01. The lowest BCUT2D eigenvalue weighted by molar-refractivity contribution is -0.139. The molecule has 1 aliphatic heterocycles. The van der Waals surface area contributed by atoms with Gasteiger partial charge < -0.3 is 20.7 Å². The fraction of sp³-hybridized carbons (Fsp3) is 0.882. The second kappa shape index (κ2) is 10.2. The van der Waals surface area contributed by atoms with Crippen molar-refractivity contribution in [3.8, 4) is 0 Å². The molecule has 0 radical (unpaired) electrons. The van der Waals surface area contributed by atoms with Gasteiger partial charge in [0, 0.05) is 38.7 Å². The Morgan fingerprint density at radius 2 is 2.00 bits per heavy atom. The first kappa shape index (κ1) is 21.2. The molecule has 2 unspecified atom stereocenters. The quantitative estimate of drug-likeness (QED) is 0.699. The number of carbonyl (C=O) groups excluding carboxylic acids is 2. The van der Waals surface area contributed by atoms with E-state index >= 15 is 0 Å². The monoisotopic (exact) mass is 361 g/mol. The Hall–Kier alpha value is -0.850. The minimum absolute atomic E-state index is 0. The number of halogens is 1. The Kier molecular flexibility index (Phi) is 9.02. The molecule has 6 nitrogen and oxygen atoms in total. The van der Waals surface area contributed by atoms with E-state index in [4.69, 9.17) is 10.5 Å². The van der Waals surface area contributed by atoms with Gasteiger partial charge in [-0.2, -0.15) is 0 Å². The molecule has 2 amide bonds. The molecule has 1 heterocycles. The summed E-state index contributed by atoms with van der Waals surface area (Å²) in [5.41, 5.74) is 6.09. The summed E-state index contributed by atoms with van der Waals surface area (Å²) in [5.74, 6) is 0.397. The summed E-state index contributed by atoms with van der Waals surface area (Å²) in [6, 6.07) is 0.371. The van der Waals surface area contributed by atoms with Crippen molar-refractivity contribution < 1.29 is 14.3 Å². The minimum atomic E-state index is -0.107. The van der Waals surface area contributed by atoms with Crippen LogP contribution >= 0.6 is 12.4 Å². The van der Waals surface area contributed by atoms with Crippen LogP contribution < -0.4 is 11.1 Å². The van der Waals surface area contributed by atoms with Gasteiger partial charge in [-0.15, -0.1) is 12.4 Å². The Morgan fingerprint density at radius 1 is 1.25 bits per heavy atom. The van der Waals surface area contributed by atoms with Crippen molar-refractivity contribution in [3.05, 3.63) is 0 Å². The van der Waals surface area contributed by atoms with Crippen LogP contribution in [-0.2, 0) is 14.3 Å². The molecule has 24 heavy (non-hydrogen) atoms. The van der Waals surface area contributed by atoms with Gasteiger partial charge in [0.25, 0.3) is 0 Å². The van der Waals surface area contributed by atoms with Gasteiger partial charge in [0.1, 0.15) is 0 Å². The van der Waals surface area contributed by atoms with Gasteiger partial charge >= 0.3 is 0 Å². The van der Waals surface area contributed by atoms with Crippen LogP contribution in [0.3, 0.4) is 0 Å².